The van der Waals surface area contributed by atoms with Crippen molar-refractivity contribution in [3.8, 4) is 0 Å². The van der Waals surface area contributed by atoms with Crippen LogP contribution in [0, 0.1) is 0 Å². The first-order valence-electron chi connectivity index (χ1n) is 5.77. The van der Waals surface area contributed by atoms with Crippen LogP contribution in [-0.4, -0.2) is 39.9 Å². The number of amides is 2. The number of anilines is 1. The number of halogens is 1. The summed E-state index contributed by atoms with van der Waals surface area (Å²) >= 11 is 3.18. The van der Waals surface area contributed by atoms with Crippen LogP contribution >= 0.6 is 15.9 Å². The third kappa shape index (κ3) is 6.16. The van der Waals surface area contributed by atoms with Gasteiger partial charge in [-0.1, -0.05) is 15.9 Å². The van der Waals surface area contributed by atoms with Gasteiger partial charge in [-0.05, 0) is 24.6 Å². The predicted molar refractivity (Wildman–Crippen MR) is 81.7 cm³/mol. The fraction of sp³-hybridized carbons (Fsp3) is 0.333. The van der Waals surface area contributed by atoms with E-state index in [4.69, 9.17) is 5.11 Å². The lowest BCUT2D eigenvalue weighted by molar-refractivity contribution is 0.0697. The highest BCUT2D eigenvalue weighted by atomic mass is 79.9. The van der Waals surface area contributed by atoms with Crippen molar-refractivity contribution < 1.29 is 18.9 Å². The molecule has 0 radical (unpaired) electrons. The first-order chi connectivity index (χ1) is 9.38. The Morgan fingerprint density at radius 3 is 2.65 bits per heavy atom. The van der Waals surface area contributed by atoms with Gasteiger partial charge in [0.1, 0.15) is 0 Å². The maximum absolute atomic E-state index is 11.6. The number of rotatable bonds is 6. The number of aromatic carboxylic acids is 1. The molecule has 0 fully saturated rings. The molecule has 110 valence electrons. The van der Waals surface area contributed by atoms with Crippen molar-refractivity contribution in [3.63, 3.8) is 0 Å². The Bertz CT molecular complexity index is 536. The van der Waals surface area contributed by atoms with Gasteiger partial charge in [0.2, 0.25) is 0 Å². The SMILES string of the molecule is CS(=O)CCCNC(=O)Nc1cc(Br)cc(C(=O)O)c1. The molecular formula is C12H15BrN2O4S. The molecule has 1 aromatic rings. The summed E-state index contributed by atoms with van der Waals surface area (Å²) in [5, 5.41) is 14.1. The van der Waals surface area contributed by atoms with Crippen molar-refractivity contribution in [1.29, 1.82) is 0 Å². The van der Waals surface area contributed by atoms with E-state index >= 15 is 0 Å². The molecule has 8 heteroatoms. The largest absolute Gasteiger partial charge is 0.478 e. The van der Waals surface area contributed by atoms with E-state index < -0.39 is 22.8 Å². The van der Waals surface area contributed by atoms with Gasteiger partial charge >= 0.3 is 12.0 Å². The number of nitrogens with one attached hydrogen (secondary N) is 2. The van der Waals surface area contributed by atoms with Gasteiger partial charge in [0.15, 0.2) is 0 Å². The molecule has 0 heterocycles. The monoisotopic (exact) mass is 362 g/mol. The number of carbonyl (C=O) groups is 2. The van der Waals surface area contributed by atoms with Crippen LogP contribution < -0.4 is 10.6 Å². The Hall–Kier alpha value is -1.41. The summed E-state index contributed by atoms with van der Waals surface area (Å²) in [6.45, 7) is 0.408. The first kappa shape index (κ1) is 16.6. The van der Waals surface area contributed by atoms with Crippen LogP contribution in [0.2, 0.25) is 0 Å². The van der Waals surface area contributed by atoms with Gasteiger partial charge in [0, 0.05) is 39.5 Å². The Balaban J connectivity index is 2.53. The van der Waals surface area contributed by atoms with E-state index in [1.165, 1.54) is 12.1 Å². The van der Waals surface area contributed by atoms with Crippen molar-refractivity contribution in [1.82, 2.24) is 5.32 Å². The zero-order chi connectivity index (χ0) is 15.1. The number of hydrogen-bond acceptors (Lipinski definition) is 3. The second-order valence-corrected chi connectivity index (χ2v) is 6.52. The molecule has 1 atom stereocenters. The van der Waals surface area contributed by atoms with Crippen LogP contribution in [0.3, 0.4) is 0 Å². The van der Waals surface area contributed by atoms with E-state index in [-0.39, 0.29) is 5.56 Å². The molecular weight excluding hydrogens is 348 g/mol. The molecule has 20 heavy (non-hydrogen) atoms. The molecule has 0 aromatic heterocycles. The lowest BCUT2D eigenvalue weighted by atomic mass is 10.2. The smallest absolute Gasteiger partial charge is 0.335 e. The normalized spacial score (nSPS) is 11.7. The number of carboxylic acids is 1. The average molecular weight is 363 g/mol. The lowest BCUT2D eigenvalue weighted by Crippen LogP contribution is -2.30. The van der Waals surface area contributed by atoms with E-state index in [0.717, 1.165) is 0 Å². The van der Waals surface area contributed by atoms with Gasteiger partial charge in [-0.2, -0.15) is 0 Å². The van der Waals surface area contributed by atoms with Crippen molar-refractivity contribution in [3.05, 3.63) is 28.2 Å². The molecule has 1 rings (SSSR count). The molecule has 1 aromatic carbocycles. The quantitative estimate of drug-likeness (QED) is 0.674. The molecule has 0 aliphatic rings. The molecule has 0 bridgehead atoms. The molecule has 6 nitrogen and oxygen atoms in total. The maximum Gasteiger partial charge on any atom is 0.335 e. The zero-order valence-electron chi connectivity index (χ0n) is 10.8. The molecule has 0 saturated carbocycles. The highest BCUT2D eigenvalue weighted by Crippen LogP contribution is 2.19. The van der Waals surface area contributed by atoms with Crippen molar-refractivity contribution >= 4 is 44.4 Å². The third-order valence-electron chi connectivity index (χ3n) is 2.30. The molecule has 0 saturated heterocycles. The van der Waals surface area contributed by atoms with Gasteiger partial charge in [0.25, 0.3) is 0 Å². The number of hydrogen-bond donors (Lipinski definition) is 3. The van der Waals surface area contributed by atoms with Gasteiger partial charge in [-0.15, -0.1) is 0 Å². The molecule has 0 spiro atoms. The summed E-state index contributed by atoms with van der Waals surface area (Å²) in [6.07, 6.45) is 2.23. The molecule has 0 aliphatic heterocycles. The minimum atomic E-state index is -1.07. The molecule has 0 aliphatic carbocycles. The summed E-state index contributed by atoms with van der Waals surface area (Å²) < 4.78 is 11.4. The van der Waals surface area contributed by atoms with E-state index in [9.17, 15) is 13.8 Å². The Labute approximate surface area is 127 Å². The minimum absolute atomic E-state index is 0.0797. The van der Waals surface area contributed by atoms with Crippen LogP contribution in [-0.2, 0) is 10.8 Å². The Kier molecular flexibility index (Phi) is 6.66. The topological polar surface area (TPSA) is 95.5 Å². The van der Waals surface area contributed by atoms with Crippen LogP contribution in [0.1, 0.15) is 16.8 Å². The first-order valence-corrected chi connectivity index (χ1v) is 8.29. The van der Waals surface area contributed by atoms with Crippen LogP contribution in [0.15, 0.2) is 22.7 Å². The number of carboxylic acid groups (broad SMARTS) is 1. The zero-order valence-corrected chi connectivity index (χ0v) is 13.2. The van der Waals surface area contributed by atoms with Crippen molar-refractivity contribution in [2.45, 2.75) is 6.42 Å². The Morgan fingerprint density at radius 1 is 1.35 bits per heavy atom. The fourth-order valence-electron chi connectivity index (χ4n) is 1.44. The summed E-state index contributed by atoms with van der Waals surface area (Å²) in [5.74, 6) is -0.541. The van der Waals surface area contributed by atoms with Gasteiger partial charge in [-0.25, -0.2) is 9.59 Å². The van der Waals surface area contributed by atoms with Gasteiger partial charge in [-0.3, -0.25) is 4.21 Å². The second kappa shape index (κ2) is 8.01. The maximum atomic E-state index is 11.6. The number of carbonyl (C=O) groups excluding carboxylic acids is 1. The summed E-state index contributed by atoms with van der Waals surface area (Å²) in [4.78, 5) is 22.5. The third-order valence-corrected chi connectivity index (χ3v) is 3.62. The highest BCUT2D eigenvalue weighted by molar-refractivity contribution is 9.10. The van der Waals surface area contributed by atoms with Crippen LogP contribution in [0.4, 0.5) is 10.5 Å². The molecule has 2 amide bonds. The summed E-state index contributed by atoms with van der Waals surface area (Å²) in [7, 11) is -0.873. The van der Waals surface area contributed by atoms with Crippen molar-refractivity contribution in [2.24, 2.45) is 0 Å². The highest BCUT2D eigenvalue weighted by Gasteiger charge is 2.08. The van der Waals surface area contributed by atoms with E-state index in [1.54, 1.807) is 12.3 Å². The predicted octanol–water partition coefficient (Wildman–Crippen LogP) is 2.04. The minimum Gasteiger partial charge on any atom is -0.478 e. The molecule has 3 N–H and O–H groups in total. The van der Waals surface area contributed by atoms with E-state index in [1.807, 2.05) is 0 Å². The standard InChI is InChI=1S/C12H15BrN2O4S/c1-20(19)4-2-3-14-12(18)15-10-6-8(11(16)17)5-9(13)7-10/h5-7H,2-4H2,1H3,(H,16,17)(H2,14,15,18). The van der Waals surface area contributed by atoms with E-state index in [2.05, 4.69) is 26.6 Å². The average Bonchev–Trinajstić information content (AvgIpc) is 2.33. The number of benzene rings is 1. The summed E-state index contributed by atoms with van der Waals surface area (Å²) in [5.41, 5.74) is 0.462. The summed E-state index contributed by atoms with van der Waals surface area (Å²) in [6, 6.07) is 3.99. The Morgan fingerprint density at radius 2 is 2.05 bits per heavy atom. The van der Waals surface area contributed by atoms with Gasteiger partial charge < -0.3 is 15.7 Å². The van der Waals surface area contributed by atoms with Crippen LogP contribution in [0.25, 0.3) is 0 Å². The lowest BCUT2D eigenvalue weighted by Gasteiger charge is -2.08. The number of urea groups is 1. The van der Waals surface area contributed by atoms with Crippen LogP contribution in [0.5, 0.6) is 0 Å². The van der Waals surface area contributed by atoms with Crippen molar-refractivity contribution in [2.75, 3.05) is 23.9 Å². The fourth-order valence-corrected chi connectivity index (χ4v) is 2.48. The van der Waals surface area contributed by atoms with E-state index in [0.29, 0.717) is 28.9 Å². The second-order valence-electron chi connectivity index (χ2n) is 4.05. The van der Waals surface area contributed by atoms with Gasteiger partial charge in [0.05, 0.1) is 5.56 Å². The molecule has 1 unspecified atom stereocenters.